The molecular formula is C22H24N4O2. The van der Waals surface area contributed by atoms with Crippen LogP contribution in [0.3, 0.4) is 0 Å². The summed E-state index contributed by atoms with van der Waals surface area (Å²) in [4.78, 5) is 18.8. The van der Waals surface area contributed by atoms with Crippen LogP contribution in [0.15, 0.2) is 42.6 Å². The van der Waals surface area contributed by atoms with Gasteiger partial charge in [-0.15, -0.1) is 0 Å². The molecule has 1 saturated heterocycles. The summed E-state index contributed by atoms with van der Waals surface area (Å²) >= 11 is 0. The minimum Gasteiger partial charge on any atom is -0.384 e. The van der Waals surface area contributed by atoms with Gasteiger partial charge in [-0.25, -0.2) is 0 Å². The molecule has 6 nitrogen and oxygen atoms in total. The largest absolute Gasteiger partial charge is 0.384 e. The highest BCUT2D eigenvalue weighted by Gasteiger charge is 2.53. The van der Waals surface area contributed by atoms with Crippen molar-refractivity contribution in [2.45, 2.75) is 31.2 Å². The van der Waals surface area contributed by atoms with E-state index in [1.165, 1.54) is 5.69 Å². The molecule has 1 atom stereocenters. The molecule has 1 amide bonds. The highest BCUT2D eigenvalue weighted by atomic mass is 16.5. The summed E-state index contributed by atoms with van der Waals surface area (Å²) in [5, 5.41) is 6.02. The molecule has 4 heterocycles. The lowest BCUT2D eigenvalue weighted by Crippen LogP contribution is -2.60. The van der Waals surface area contributed by atoms with Crippen molar-refractivity contribution in [2.24, 2.45) is 0 Å². The van der Waals surface area contributed by atoms with E-state index in [-0.39, 0.29) is 11.3 Å². The summed E-state index contributed by atoms with van der Waals surface area (Å²) in [5.74, 6) is 0.178. The number of rotatable bonds is 4. The first-order valence-corrected chi connectivity index (χ1v) is 9.81. The molecule has 1 fully saturated rings. The second-order valence-corrected chi connectivity index (χ2v) is 8.10. The highest BCUT2D eigenvalue weighted by Crippen LogP contribution is 2.48. The Morgan fingerprint density at radius 2 is 2.11 bits per heavy atom. The van der Waals surface area contributed by atoms with Gasteiger partial charge in [-0.2, -0.15) is 5.10 Å². The molecule has 0 N–H and O–H groups in total. The summed E-state index contributed by atoms with van der Waals surface area (Å²) in [6.45, 7) is 4.25. The lowest BCUT2D eigenvalue weighted by molar-refractivity contribution is -0.140. The van der Waals surface area contributed by atoms with Crippen LogP contribution >= 0.6 is 0 Å². The summed E-state index contributed by atoms with van der Waals surface area (Å²) in [5.41, 5.74) is 4.28. The van der Waals surface area contributed by atoms with Crippen LogP contribution in [0.5, 0.6) is 0 Å². The number of fused-ring (bicyclic) bond motifs is 3. The van der Waals surface area contributed by atoms with E-state index in [1.807, 2.05) is 29.3 Å². The number of ether oxygens (including phenoxy) is 1. The van der Waals surface area contributed by atoms with Crippen LogP contribution in [-0.2, 0) is 14.9 Å². The topological polar surface area (TPSA) is 60.2 Å². The Bertz CT molecular complexity index is 1050. The van der Waals surface area contributed by atoms with Crippen molar-refractivity contribution in [3.05, 3.63) is 48.3 Å². The highest BCUT2D eigenvalue weighted by molar-refractivity contribution is 5.83. The molecule has 3 aromatic rings. The van der Waals surface area contributed by atoms with Gasteiger partial charge >= 0.3 is 0 Å². The monoisotopic (exact) mass is 376 g/mol. The summed E-state index contributed by atoms with van der Waals surface area (Å²) in [7, 11) is 1.63. The second-order valence-electron chi connectivity index (χ2n) is 8.10. The van der Waals surface area contributed by atoms with Gasteiger partial charge in [-0.1, -0.05) is 18.2 Å². The fourth-order valence-electron chi connectivity index (χ4n) is 4.73. The van der Waals surface area contributed by atoms with Crippen molar-refractivity contribution in [3.63, 3.8) is 0 Å². The molecule has 0 bridgehead atoms. The van der Waals surface area contributed by atoms with Crippen molar-refractivity contribution >= 4 is 16.8 Å². The van der Waals surface area contributed by atoms with E-state index >= 15 is 0 Å². The van der Waals surface area contributed by atoms with Crippen molar-refractivity contribution in [1.29, 1.82) is 0 Å². The van der Waals surface area contributed by atoms with Gasteiger partial charge in [-0.3, -0.25) is 14.5 Å². The minimum absolute atomic E-state index is 0.0394. The van der Waals surface area contributed by atoms with E-state index < -0.39 is 0 Å². The van der Waals surface area contributed by atoms with Gasteiger partial charge in [0, 0.05) is 48.5 Å². The number of carbonyl (C=O) groups is 1. The van der Waals surface area contributed by atoms with Gasteiger partial charge < -0.3 is 9.64 Å². The maximum atomic E-state index is 12.3. The van der Waals surface area contributed by atoms with Crippen molar-refractivity contribution in [3.8, 4) is 11.3 Å². The molecule has 0 aliphatic carbocycles. The zero-order valence-corrected chi connectivity index (χ0v) is 16.3. The Labute approximate surface area is 164 Å². The van der Waals surface area contributed by atoms with E-state index in [9.17, 15) is 4.79 Å². The van der Waals surface area contributed by atoms with E-state index in [0.717, 1.165) is 41.7 Å². The van der Waals surface area contributed by atoms with E-state index in [1.54, 1.807) is 7.11 Å². The van der Waals surface area contributed by atoms with E-state index in [0.29, 0.717) is 19.1 Å². The molecule has 28 heavy (non-hydrogen) atoms. The predicted octanol–water partition coefficient (Wildman–Crippen LogP) is 3.18. The van der Waals surface area contributed by atoms with Crippen LogP contribution in [0, 0.1) is 0 Å². The van der Waals surface area contributed by atoms with Gasteiger partial charge in [0.2, 0.25) is 5.91 Å². The summed E-state index contributed by atoms with van der Waals surface area (Å²) in [6, 6.07) is 12.8. The third kappa shape index (κ3) is 2.63. The number of amides is 1. The molecule has 144 valence electrons. The SMILES string of the molecule is COCCC(=O)N1CC2(CC(C)n3nc(-c4cnc5ccccc5c4)cc32)C1. The normalized spacial score (nSPS) is 19.8. The van der Waals surface area contributed by atoms with E-state index in [2.05, 4.69) is 34.8 Å². The average molecular weight is 376 g/mol. The molecular weight excluding hydrogens is 352 g/mol. The van der Waals surface area contributed by atoms with Crippen LogP contribution in [0.25, 0.3) is 22.2 Å². The molecule has 2 aliphatic heterocycles. The first-order chi connectivity index (χ1) is 13.6. The first-order valence-electron chi connectivity index (χ1n) is 9.81. The fourth-order valence-corrected chi connectivity index (χ4v) is 4.73. The minimum atomic E-state index is 0.0394. The van der Waals surface area contributed by atoms with Gasteiger partial charge in [0.25, 0.3) is 0 Å². The predicted molar refractivity (Wildman–Crippen MR) is 107 cm³/mol. The Morgan fingerprint density at radius 1 is 1.29 bits per heavy atom. The number of methoxy groups -OCH3 is 1. The van der Waals surface area contributed by atoms with Crippen LogP contribution < -0.4 is 0 Å². The number of para-hydroxylation sites is 1. The first kappa shape index (κ1) is 17.4. The number of benzene rings is 1. The number of aromatic nitrogens is 3. The molecule has 2 aromatic heterocycles. The number of pyridine rings is 1. The fraction of sp³-hybridized carbons (Fsp3) is 0.409. The Morgan fingerprint density at radius 3 is 2.93 bits per heavy atom. The lowest BCUT2D eigenvalue weighted by atomic mass is 9.74. The molecule has 0 radical (unpaired) electrons. The van der Waals surface area contributed by atoms with Crippen molar-refractivity contribution in [1.82, 2.24) is 19.7 Å². The number of likely N-dealkylation sites (tertiary alicyclic amines) is 1. The smallest absolute Gasteiger partial charge is 0.224 e. The number of carbonyl (C=O) groups excluding carboxylic acids is 1. The third-order valence-electron chi connectivity index (χ3n) is 6.13. The van der Waals surface area contributed by atoms with E-state index in [4.69, 9.17) is 9.84 Å². The molecule has 0 saturated carbocycles. The van der Waals surface area contributed by atoms with Crippen molar-refractivity contribution < 1.29 is 9.53 Å². The summed E-state index contributed by atoms with van der Waals surface area (Å²) in [6.07, 6.45) is 3.40. The average Bonchev–Trinajstić information content (AvgIpc) is 3.24. The van der Waals surface area contributed by atoms with Gasteiger partial charge in [-0.05, 0) is 31.5 Å². The molecule has 6 heteroatoms. The molecule has 1 aromatic carbocycles. The quantitative estimate of drug-likeness (QED) is 0.702. The molecule has 5 rings (SSSR count). The number of hydrogen-bond donors (Lipinski definition) is 0. The number of hydrogen-bond acceptors (Lipinski definition) is 4. The molecule has 2 aliphatic rings. The van der Waals surface area contributed by atoms with Gasteiger partial charge in [0.05, 0.1) is 30.3 Å². The molecule has 1 unspecified atom stereocenters. The zero-order valence-electron chi connectivity index (χ0n) is 16.3. The summed E-state index contributed by atoms with van der Waals surface area (Å²) < 4.78 is 7.19. The van der Waals surface area contributed by atoms with Crippen LogP contribution in [0.1, 0.15) is 31.5 Å². The zero-order chi connectivity index (χ0) is 19.3. The molecule has 1 spiro atoms. The maximum absolute atomic E-state index is 12.3. The maximum Gasteiger partial charge on any atom is 0.224 e. The Hall–Kier alpha value is -2.73. The lowest BCUT2D eigenvalue weighted by Gasteiger charge is -2.48. The third-order valence-corrected chi connectivity index (χ3v) is 6.13. The Balaban J connectivity index is 1.42. The van der Waals surface area contributed by atoms with Gasteiger partial charge in [0.1, 0.15) is 0 Å². The second kappa shape index (κ2) is 6.41. The van der Waals surface area contributed by atoms with Crippen LogP contribution in [0.2, 0.25) is 0 Å². The standard InChI is InChI=1S/C22H24N4O2/c1-15-11-22(13-25(14-22)21(27)7-8-28-2)20-10-19(24-26(15)20)17-9-16-5-3-4-6-18(16)23-12-17/h3-6,9-10,12,15H,7-8,11,13-14H2,1-2H3. The van der Waals surface area contributed by atoms with Crippen molar-refractivity contribution in [2.75, 3.05) is 26.8 Å². The number of nitrogens with zero attached hydrogens (tertiary/aromatic N) is 4. The Kier molecular flexibility index (Phi) is 3.98. The van der Waals surface area contributed by atoms with Crippen LogP contribution in [-0.4, -0.2) is 52.4 Å². The van der Waals surface area contributed by atoms with Gasteiger partial charge in [0.15, 0.2) is 0 Å². The van der Waals surface area contributed by atoms with Crippen LogP contribution in [0.4, 0.5) is 0 Å².